The number of aromatic nitrogens is 2. The minimum Gasteiger partial charge on any atom is -0.478 e. The first-order valence-corrected chi connectivity index (χ1v) is 6.67. The first kappa shape index (κ1) is 13.6. The number of rotatable bonds is 3. The highest BCUT2D eigenvalue weighted by Gasteiger charge is 2.10. The van der Waals surface area contributed by atoms with Gasteiger partial charge in [-0.2, -0.15) is 0 Å². The molecule has 0 amide bonds. The summed E-state index contributed by atoms with van der Waals surface area (Å²) < 4.78 is 0.641. The number of nitrogens with zero attached hydrogens (tertiary/aromatic N) is 2. The number of anilines is 2. The van der Waals surface area contributed by atoms with Gasteiger partial charge in [-0.1, -0.05) is 0 Å². The third-order valence-electron chi connectivity index (χ3n) is 2.13. The number of nitrogens with two attached hydrogens (primary N) is 2. The van der Waals surface area contributed by atoms with E-state index in [1.807, 2.05) is 0 Å². The Hall–Kier alpha value is -1.80. The molecule has 0 saturated carbocycles. The van der Waals surface area contributed by atoms with Crippen LogP contribution in [0.4, 0.5) is 11.6 Å². The third-order valence-corrected chi connectivity index (χ3v) is 3.98. The van der Waals surface area contributed by atoms with Gasteiger partial charge in [-0.15, -0.1) is 0 Å². The molecule has 1 aromatic heterocycles. The maximum absolute atomic E-state index is 10.8. The molecule has 0 unspecified atom stereocenters. The second-order valence-electron chi connectivity index (χ2n) is 3.55. The Morgan fingerprint density at radius 3 is 2.37 bits per heavy atom. The fraction of sp³-hybridized carbons (Fsp3) is 0. The highest BCUT2D eigenvalue weighted by molar-refractivity contribution is 9.10. The minimum atomic E-state index is -0.985. The van der Waals surface area contributed by atoms with Gasteiger partial charge in [0.1, 0.15) is 11.6 Å². The lowest BCUT2D eigenvalue weighted by atomic mass is 10.2. The van der Waals surface area contributed by atoms with Crippen molar-refractivity contribution in [3.8, 4) is 0 Å². The van der Waals surface area contributed by atoms with Gasteiger partial charge >= 0.3 is 5.97 Å². The monoisotopic (exact) mass is 340 g/mol. The summed E-state index contributed by atoms with van der Waals surface area (Å²) in [7, 11) is 0. The van der Waals surface area contributed by atoms with Gasteiger partial charge in [-0.3, -0.25) is 0 Å². The van der Waals surface area contributed by atoms with Crippen LogP contribution in [0.15, 0.2) is 38.8 Å². The van der Waals surface area contributed by atoms with Gasteiger partial charge in [-0.25, -0.2) is 14.8 Å². The molecule has 0 aliphatic rings. The number of carbonyl (C=O) groups is 1. The van der Waals surface area contributed by atoms with Crippen molar-refractivity contribution in [1.82, 2.24) is 9.97 Å². The van der Waals surface area contributed by atoms with Crippen molar-refractivity contribution < 1.29 is 9.90 Å². The van der Waals surface area contributed by atoms with Gasteiger partial charge in [0.25, 0.3) is 0 Å². The summed E-state index contributed by atoms with van der Waals surface area (Å²) in [5.74, 6) is -0.414. The van der Waals surface area contributed by atoms with Crippen LogP contribution in [-0.2, 0) is 0 Å². The molecule has 5 N–H and O–H groups in total. The average Bonchev–Trinajstić information content (AvgIpc) is 2.30. The maximum atomic E-state index is 10.8. The normalized spacial score (nSPS) is 10.4. The van der Waals surface area contributed by atoms with Crippen LogP contribution < -0.4 is 11.5 Å². The fourth-order valence-corrected chi connectivity index (χ4v) is 2.74. The van der Waals surface area contributed by atoms with Gasteiger partial charge in [0.2, 0.25) is 0 Å². The van der Waals surface area contributed by atoms with Gasteiger partial charge in [0, 0.05) is 15.4 Å². The Balaban J connectivity index is 2.30. The van der Waals surface area contributed by atoms with E-state index in [0.717, 1.165) is 4.90 Å². The zero-order valence-electron chi connectivity index (χ0n) is 9.50. The third kappa shape index (κ3) is 3.36. The van der Waals surface area contributed by atoms with E-state index in [2.05, 4.69) is 25.9 Å². The van der Waals surface area contributed by atoms with E-state index in [-0.39, 0.29) is 17.2 Å². The Morgan fingerprint density at radius 2 is 1.84 bits per heavy atom. The molecule has 0 bridgehead atoms. The van der Waals surface area contributed by atoms with Crippen molar-refractivity contribution in [2.24, 2.45) is 0 Å². The van der Waals surface area contributed by atoms with Crippen LogP contribution >= 0.6 is 27.7 Å². The lowest BCUT2D eigenvalue weighted by molar-refractivity contribution is 0.0696. The molecule has 1 aromatic carbocycles. The number of hydrogen-bond acceptors (Lipinski definition) is 6. The van der Waals surface area contributed by atoms with Crippen molar-refractivity contribution in [1.29, 1.82) is 0 Å². The summed E-state index contributed by atoms with van der Waals surface area (Å²) in [6.07, 6.45) is 0. The molecule has 6 nitrogen and oxygen atoms in total. The van der Waals surface area contributed by atoms with Crippen LogP contribution in [0, 0.1) is 0 Å². The van der Waals surface area contributed by atoms with Gasteiger partial charge in [0.05, 0.1) is 5.56 Å². The number of carboxylic acid groups (broad SMARTS) is 1. The molecular weight excluding hydrogens is 332 g/mol. The predicted molar refractivity (Wildman–Crippen MR) is 76.1 cm³/mol. The van der Waals surface area contributed by atoms with Gasteiger partial charge in [-0.05, 0) is 45.9 Å². The zero-order valence-corrected chi connectivity index (χ0v) is 11.9. The summed E-state index contributed by atoms with van der Waals surface area (Å²) in [4.78, 5) is 19.7. The minimum absolute atomic E-state index is 0.198. The molecule has 98 valence electrons. The van der Waals surface area contributed by atoms with Crippen LogP contribution in [0.1, 0.15) is 10.4 Å². The first-order valence-electron chi connectivity index (χ1n) is 5.06. The van der Waals surface area contributed by atoms with Crippen LogP contribution in [0.25, 0.3) is 0 Å². The smallest absolute Gasteiger partial charge is 0.335 e. The molecule has 0 aliphatic heterocycles. The highest BCUT2D eigenvalue weighted by Crippen LogP contribution is 2.32. The van der Waals surface area contributed by atoms with E-state index in [1.165, 1.54) is 30.0 Å². The largest absolute Gasteiger partial charge is 0.478 e. The predicted octanol–water partition coefficient (Wildman–Crippen LogP) is 2.25. The molecular formula is C11H9BrN4O2S. The zero-order chi connectivity index (χ0) is 14.0. The first-order chi connectivity index (χ1) is 8.95. The number of carboxylic acids is 1. The lowest BCUT2D eigenvalue weighted by Gasteiger charge is -2.05. The second kappa shape index (κ2) is 5.45. The van der Waals surface area contributed by atoms with Crippen LogP contribution in [0.3, 0.4) is 0 Å². The molecule has 0 radical (unpaired) electrons. The van der Waals surface area contributed by atoms with E-state index in [0.29, 0.717) is 9.63 Å². The lowest BCUT2D eigenvalue weighted by Crippen LogP contribution is -1.99. The summed E-state index contributed by atoms with van der Waals surface area (Å²) in [5.41, 5.74) is 11.4. The Kier molecular flexibility index (Phi) is 3.91. The molecule has 0 saturated heterocycles. The summed E-state index contributed by atoms with van der Waals surface area (Å²) in [5, 5.41) is 9.28. The van der Waals surface area contributed by atoms with E-state index in [1.54, 1.807) is 6.07 Å². The molecule has 0 atom stereocenters. The average molecular weight is 341 g/mol. The van der Waals surface area contributed by atoms with E-state index in [4.69, 9.17) is 16.6 Å². The Bertz CT molecular complexity index is 630. The Labute approximate surface area is 121 Å². The van der Waals surface area contributed by atoms with Crippen molar-refractivity contribution in [3.05, 3.63) is 34.3 Å². The number of halogens is 1. The number of benzene rings is 1. The second-order valence-corrected chi connectivity index (χ2v) is 5.42. The number of nitrogen functional groups attached to an aromatic ring is 2. The number of aromatic carboxylic acids is 1. The number of hydrogen-bond donors (Lipinski definition) is 3. The Morgan fingerprint density at radius 1 is 1.21 bits per heavy atom. The van der Waals surface area contributed by atoms with Crippen molar-refractivity contribution in [2.75, 3.05) is 11.5 Å². The standard InChI is InChI=1S/C11H9BrN4O2S/c12-6-3-5(10(17)18)1-2-7(6)19-11-15-8(13)4-9(14)16-11/h1-4H,(H,17,18)(H4,13,14,15,16). The fourth-order valence-electron chi connectivity index (χ4n) is 1.32. The summed E-state index contributed by atoms with van der Waals surface area (Å²) >= 11 is 4.55. The van der Waals surface area contributed by atoms with Crippen LogP contribution in [0.5, 0.6) is 0 Å². The SMILES string of the molecule is Nc1cc(N)nc(Sc2ccc(C(=O)O)cc2Br)n1. The van der Waals surface area contributed by atoms with Crippen molar-refractivity contribution in [2.45, 2.75) is 10.1 Å². The quantitative estimate of drug-likeness (QED) is 0.733. The molecule has 0 fully saturated rings. The maximum Gasteiger partial charge on any atom is 0.335 e. The molecule has 8 heteroatoms. The van der Waals surface area contributed by atoms with Crippen LogP contribution in [0.2, 0.25) is 0 Å². The topological polar surface area (TPSA) is 115 Å². The van der Waals surface area contributed by atoms with Gasteiger partial charge < -0.3 is 16.6 Å². The molecule has 1 heterocycles. The summed E-state index contributed by atoms with van der Waals surface area (Å²) in [6.45, 7) is 0. The summed E-state index contributed by atoms with van der Waals surface area (Å²) in [6, 6.07) is 6.15. The molecule has 2 rings (SSSR count). The molecule has 0 spiro atoms. The van der Waals surface area contributed by atoms with E-state index < -0.39 is 5.97 Å². The van der Waals surface area contributed by atoms with E-state index in [9.17, 15) is 4.79 Å². The molecule has 0 aliphatic carbocycles. The highest BCUT2D eigenvalue weighted by atomic mass is 79.9. The van der Waals surface area contributed by atoms with Gasteiger partial charge in [0.15, 0.2) is 5.16 Å². The molecule has 2 aromatic rings. The van der Waals surface area contributed by atoms with Crippen molar-refractivity contribution in [3.63, 3.8) is 0 Å². The van der Waals surface area contributed by atoms with Crippen molar-refractivity contribution >= 4 is 45.3 Å². The van der Waals surface area contributed by atoms with E-state index >= 15 is 0 Å². The van der Waals surface area contributed by atoms with Crippen LogP contribution in [-0.4, -0.2) is 21.0 Å². The molecule has 19 heavy (non-hydrogen) atoms.